The van der Waals surface area contributed by atoms with Crippen LogP contribution in [0.2, 0.25) is 0 Å². The lowest BCUT2D eigenvalue weighted by Gasteiger charge is -2.28. The first kappa shape index (κ1) is 21.6. The monoisotopic (exact) mass is 381 g/mol. The number of benzene rings is 1. The van der Waals surface area contributed by atoms with Gasteiger partial charge < -0.3 is 10.1 Å². The van der Waals surface area contributed by atoms with Gasteiger partial charge in [0.15, 0.2) is 6.10 Å². The molecule has 9 heteroatoms. The van der Waals surface area contributed by atoms with E-state index >= 15 is 0 Å². The first-order valence-corrected chi connectivity index (χ1v) is 9.43. The van der Waals surface area contributed by atoms with E-state index < -0.39 is 33.5 Å². The highest BCUT2D eigenvalue weighted by Crippen LogP contribution is 2.16. The van der Waals surface area contributed by atoms with Crippen LogP contribution in [-0.2, 0) is 19.6 Å². The molecule has 0 aliphatic rings. The number of hydrogen-bond donors (Lipinski definition) is 2. The van der Waals surface area contributed by atoms with E-state index in [0.29, 0.717) is 0 Å². The molecule has 0 saturated heterocycles. The third-order valence-electron chi connectivity index (χ3n) is 4.07. The molecule has 142 valence electrons. The molecule has 0 fully saturated rings. The molecule has 0 aliphatic carbocycles. The number of carbonyl (C=O) groups excluding carboxylic acids is 2. The summed E-state index contributed by atoms with van der Waals surface area (Å²) in [6, 6.07) is 7.31. The van der Waals surface area contributed by atoms with Crippen molar-refractivity contribution < 1.29 is 22.7 Å². The lowest BCUT2D eigenvalue weighted by Crippen LogP contribution is -2.52. The second kappa shape index (κ2) is 8.29. The van der Waals surface area contributed by atoms with Crippen molar-refractivity contribution in [3.8, 4) is 6.07 Å². The van der Waals surface area contributed by atoms with Gasteiger partial charge in [-0.25, -0.2) is 17.9 Å². The Morgan fingerprint density at radius 1 is 1.27 bits per heavy atom. The van der Waals surface area contributed by atoms with Crippen molar-refractivity contribution in [1.82, 2.24) is 10.0 Å². The highest BCUT2D eigenvalue weighted by molar-refractivity contribution is 7.89. The van der Waals surface area contributed by atoms with Crippen LogP contribution in [0.1, 0.15) is 38.1 Å². The van der Waals surface area contributed by atoms with Gasteiger partial charge in [-0.3, -0.25) is 4.79 Å². The van der Waals surface area contributed by atoms with Crippen LogP contribution in [-0.4, -0.2) is 39.0 Å². The number of nitrogens with zero attached hydrogens (tertiary/aromatic N) is 1. The molecule has 0 aromatic heterocycles. The summed E-state index contributed by atoms with van der Waals surface area (Å²) < 4.78 is 30.8. The summed E-state index contributed by atoms with van der Waals surface area (Å²) in [5.41, 5.74) is -1.11. The number of hydrogen-bond acceptors (Lipinski definition) is 6. The van der Waals surface area contributed by atoms with Crippen LogP contribution in [0, 0.1) is 17.2 Å². The summed E-state index contributed by atoms with van der Waals surface area (Å²) in [7, 11) is -2.45. The number of nitriles is 1. The van der Waals surface area contributed by atoms with Gasteiger partial charge in [0, 0.05) is 0 Å². The minimum Gasteiger partial charge on any atom is -0.449 e. The molecule has 1 aromatic rings. The topological polar surface area (TPSA) is 125 Å². The molecule has 1 rings (SSSR count). The zero-order valence-electron chi connectivity index (χ0n) is 15.4. The van der Waals surface area contributed by atoms with Crippen LogP contribution in [0.25, 0.3) is 0 Å². The third-order valence-corrected chi connectivity index (χ3v) is 5.48. The second-order valence-electron chi connectivity index (χ2n) is 6.24. The average molecular weight is 381 g/mol. The van der Waals surface area contributed by atoms with Crippen LogP contribution in [0.4, 0.5) is 0 Å². The Morgan fingerprint density at radius 3 is 2.38 bits per heavy atom. The summed E-state index contributed by atoms with van der Waals surface area (Å²) in [5.74, 6) is -1.61. The van der Waals surface area contributed by atoms with Gasteiger partial charge in [-0.1, -0.05) is 19.9 Å². The van der Waals surface area contributed by atoms with Crippen LogP contribution in [0.5, 0.6) is 0 Å². The molecule has 0 spiro atoms. The Labute approximate surface area is 153 Å². The van der Waals surface area contributed by atoms with Gasteiger partial charge in [0.1, 0.15) is 5.54 Å². The Balaban J connectivity index is 2.90. The SMILES string of the molecule is CNS(=O)(=O)c1cccc(C(=O)O[C@@H](C)C(=O)N[C@@](C)(C#N)C(C)C)c1. The van der Waals surface area contributed by atoms with Gasteiger partial charge in [-0.05, 0) is 45.0 Å². The summed E-state index contributed by atoms with van der Waals surface area (Å²) in [5, 5.41) is 11.8. The molecule has 1 aromatic carbocycles. The van der Waals surface area contributed by atoms with E-state index in [1.54, 1.807) is 20.8 Å². The predicted molar refractivity (Wildman–Crippen MR) is 94.6 cm³/mol. The van der Waals surface area contributed by atoms with Gasteiger partial charge in [0.05, 0.1) is 16.5 Å². The number of ether oxygens (including phenoxy) is 1. The zero-order valence-corrected chi connectivity index (χ0v) is 16.2. The number of esters is 1. The molecule has 26 heavy (non-hydrogen) atoms. The van der Waals surface area contributed by atoms with Gasteiger partial charge in [-0.2, -0.15) is 5.26 Å². The van der Waals surface area contributed by atoms with E-state index in [4.69, 9.17) is 4.74 Å². The third kappa shape index (κ3) is 5.03. The minimum atomic E-state index is -3.71. The largest absolute Gasteiger partial charge is 0.449 e. The van der Waals surface area contributed by atoms with E-state index in [2.05, 4.69) is 10.0 Å². The first-order valence-electron chi connectivity index (χ1n) is 7.94. The molecule has 2 N–H and O–H groups in total. The Morgan fingerprint density at radius 2 is 1.88 bits per heavy atom. The fourth-order valence-corrected chi connectivity index (χ4v) is 2.62. The standard InChI is InChI=1S/C17H23N3O5S/c1-11(2)17(4,10-18)20-15(21)12(3)25-16(22)13-7-6-8-14(9-13)26(23,24)19-5/h6-9,11-12,19H,1-5H3,(H,20,21)/t12-,17-/m0/s1. The van der Waals surface area contributed by atoms with E-state index in [0.717, 1.165) is 6.07 Å². The molecule has 2 atom stereocenters. The fraction of sp³-hybridized carbons (Fsp3) is 0.471. The van der Waals surface area contributed by atoms with Gasteiger partial charge in [-0.15, -0.1) is 0 Å². The van der Waals surface area contributed by atoms with Crippen molar-refractivity contribution in [3.63, 3.8) is 0 Å². The van der Waals surface area contributed by atoms with Crippen molar-refractivity contribution in [1.29, 1.82) is 5.26 Å². The van der Waals surface area contributed by atoms with E-state index in [1.165, 1.54) is 32.2 Å². The van der Waals surface area contributed by atoms with Gasteiger partial charge in [0.2, 0.25) is 10.0 Å². The number of rotatable bonds is 7. The molecule has 0 aliphatic heterocycles. The fourth-order valence-electron chi connectivity index (χ4n) is 1.85. The van der Waals surface area contributed by atoms with Crippen molar-refractivity contribution >= 4 is 21.9 Å². The Kier molecular flexibility index (Phi) is 6.89. The lowest BCUT2D eigenvalue weighted by atomic mass is 9.90. The number of nitrogens with one attached hydrogen (secondary N) is 2. The smallest absolute Gasteiger partial charge is 0.338 e. The maximum Gasteiger partial charge on any atom is 0.338 e. The van der Waals surface area contributed by atoms with Crippen molar-refractivity contribution in [2.75, 3.05) is 7.05 Å². The Hall–Kier alpha value is -2.44. The first-order chi connectivity index (χ1) is 12.0. The summed E-state index contributed by atoms with van der Waals surface area (Å²) in [6.07, 6.45) is -1.15. The van der Waals surface area contributed by atoms with Gasteiger partial charge >= 0.3 is 5.97 Å². The highest BCUT2D eigenvalue weighted by Gasteiger charge is 2.32. The van der Waals surface area contributed by atoms with Gasteiger partial charge in [0.25, 0.3) is 5.91 Å². The minimum absolute atomic E-state index is 0.00659. The van der Waals surface area contributed by atoms with Crippen molar-refractivity contribution in [2.24, 2.45) is 5.92 Å². The normalized spacial score (nSPS) is 14.8. The molecule has 1 amide bonds. The molecular weight excluding hydrogens is 358 g/mol. The Bertz CT molecular complexity index is 829. The molecule has 0 bridgehead atoms. The van der Waals surface area contributed by atoms with E-state index in [9.17, 15) is 23.3 Å². The molecule has 0 unspecified atom stereocenters. The van der Waals surface area contributed by atoms with Crippen molar-refractivity contribution in [2.45, 2.75) is 44.2 Å². The second-order valence-corrected chi connectivity index (χ2v) is 8.13. The van der Waals surface area contributed by atoms with Crippen LogP contribution in [0.3, 0.4) is 0 Å². The van der Waals surface area contributed by atoms with E-state index in [-0.39, 0.29) is 16.4 Å². The summed E-state index contributed by atoms with van der Waals surface area (Å²) >= 11 is 0. The maximum absolute atomic E-state index is 12.2. The molecule has 8 nitrogen and oxygen atoms in total. The molecule has 0 saturated carbocycles. The van der Waals surface area contributed by atoms with Crippen LogP contribution < -0.4 is 10.0 Å². The van der Waals surface area contributed by atoms with Crippen LogP contribution >= 0.6 is 0 Å². The number of carbonyl (C=O) groups is 2. The summed E-state index contributed by atoms with van der Waals surface area (Å²) in [4.78, 5) is 24.3. The molecule has 0 heterocycles. The number of sulfonamides is 1. The number of amides is 1. The predicted octanol–water partition coefficient (Wildman–Crippen LogP) is 1.19. The van der Waals surface area contributed by atoms with Crippen LogP contribution in [0.15, 0.2) is 29.2 Å². The van der Waals surface area contributed by atoms with E-state index in [1.807, 2.05) is 6.07 Å². The maximum atomic E-state index is 12.2. The molecule has 0 radical (unpaired) electrons. The average Bonchev–Trinajstić information content (AvgIpc) is 2.61. The summed E-state index contributed by atoms with van der Waals surface area (Å²) in [6.45, 7) is 6.53. The zero-order chi connectivity index (χ0) is 20.1. The highest BCUT2D eigenvalue weighted by atomic mass is 32.2. The lowest BCUT2D eigenvalue weighted by molar-refractivity contribution is -0.130. The molecular formula is C17H23N3O5S. The quantitative estimate of drug-likeness (QED) is 0.684. The van der Waals surface area contributed by atoms with Crippen molar-refractivity contribution in [3.05, 3.63) is 29.8 Å².